The first-order chi connectivity index (χ1) is 9.65. The first kappa shape index (κ1) is 12.7. The third-order valence-electron chi connectivity index (χ3n) is 3.76. The number of benzene rings is 2. The number of anilines is 1. The van der Waals surface area contributed by atoms with Gasteiger partial charge in [-0.05, 0) is 31.0 Å². The summed E-state index contributed by atoms with van der Waals surface area (Å²) in [7, 11) is 0. The van der Waals surface area contributed by atoms with Crippen LogP contribution in [0.1, 0.15) is 33.8 Å². The lowest BCUT2D eigenvalue weighted by Crippen LogP contribution is -2.09. The van der Waals surface area contributed by atoms with Crippen LogP contribution in [0.5, 0.6) is 0 Å². The first-order valence-electron chi connectivity index (χ1n) is 6.80. The summed E-state index contributed by atoms with van der Waals surface area (Å²) in [6, 6.07) is 16.2. The molecule has 0 amide bonds. The van der Waals surface area contributed by atoms with E-state index in [0.29, 0.717) is 23.2 Å². The van der Waals surface area contributed by atoms with Crippen LogP contribution in [0.15, 0.2) is 48.5 Å². The van der Waals surface area contributed by atoms with E-state index in [1.165, 1.54) is 5.56 Å². The first-order valence-corrected chi connectivity index (χ1v) is 6.80. The number of hydrogen-bond donors (Lipinski definition) is 2. The molecule has 20 heavy (non-hydrogen) atoms. The lowest BCUT2D eigenvalue weighted by Gasteiger charge is -2.10. The maximum Gasteiger partial charge on any atom is 0.337 e. The smallest absolute Gasteiger partial charge is 0.337 e. The molecule has 2 N–H and O–H groups in total. The highest BCUT2D eigenvalue weighted by Crippen LogP contribution is 2.43. The third-order valence-corrected chi connectivity index (χ3v) is 3.76. The zero-order valence-electron chi connectivity index (χ0n) is 11.3. The van der Waals surface area contributed by atoms with Crippen LogP contribution in [-0.4, -0.2) is 17.1 Å². The molecule has 2 aromatic rings. The molecule has 0 spiro atoms. The van der Waals surface area contributed by atoms with Crippen LogP contribution in [0, 0.1) is 6.92 Å². The fourth-order valence-corrected chi connectivity index (χ4v) is 2.58. The molecule has 102 valence electrons. The zero-order chi connectivity index (χ0) is 14.1. The van der Waals surface area contributed by atoms with Gasteiger partial charge in [-0.15, -0.1) is 0 Å². The summed E-state index contributed by atoms with van der Waals surface area (Å²) in [6.45, 7) is 1.90. The number of aromatic carboxylic acids is 1. The lowest BCUT2D eigenvalue weighted by atomic mass is 10.1. The normalized spacial score (nSPS) is 20.4. The largest absolute Gasteiger partial charge is 0.478 e. The van der Waals surface area contributed by atoms with Gasteiger partial charge in [0.15, 0.2) is 0 Å². The molecular weight excluding hydrogens is 250 g/mol. The number of rotatable bonds is 4. The minimum absolute atomic E-state index is 0.332. The third kappa shape index (κ3) is 2.52. The van der Waals surface area contributed by atoms with Gasteiger partial charge in [-0.1, -0.05) is 42.0 Å². The van der Waals surface area contributed by atoms with Crippen LogP contribution >= 0.6 is 0 Å². The molecule has 2 atom stereocenters. The van der Waals surface area contributed by atoms with Gasteiger partial charge in [0.1, 0.15) is 0 Å². The molecule has 1 saturated carbocycles. The summed E-state index contributed by atoms with van der Waals surface area (Å²) in [5.74, 6) is -0.396. The van der Waals surface area contributed by atoms with Crippen LogP contribution in [0.2, 0.25) is 0 Å². The van der Waals surface area contributed by atoms with Gasteiger partial charge in [-0.2, -0.15) is 0 Å². The fourth-order valence-electron chi connectivity index (χ4n) is 2.58. The van der Waals surface area contributed by atoms with Crippen molar-refractivity contribution in [3.05, 3.63) is 65.2 Å². The highest BCUT2D eigenvalue weighted by atomic mass is 16.4. The summed E-state index contributed by atoms with van der Waals surface area (Å²) in [6.07, 6.45) is 1.05. The van der Waals surface area contributed by atoms with Gasteiger partial charge in [-0.25, -0.2) is 4.79 Å². The molecule has 3 rings (SSSR count). The topological polar surface area (TPSA) is 49.3 Å². The van der Waals surface area contributed by atoms with Crippen molar-refractivity contribution in [3.8, 4) is 0 Å². The van der Waals surface area contributed by atoms with Crippen molar-refractivity contribution in [1.29, 1.82) is 0 Å². The molecule has 0 bridgehead atoms. The van der Waals surface area contributed by atoms with E-state index in [2.05, 4.69) is 17.4 Å². The molecular formula is C17H17NO2. The van der Waals surface area contributed by atoms with Crippen molar-refractivity contribution < 1.29 is 9.90 Å². The predicted molar refractivity (Wildman–Crippen MR) is 79.3 cm³/mol. The number of carboxylic acid groups (broad SMARTS) is 1. The van der Waals surface area contributed by atoms with E-state index < -0.39 is 5.97 Å². The van der Waals surface area contributed by atoms with Crippen molar-refractivity contribution >= 4 is 11.7 Å². The Balaban J connectivity index is 1.76. The second-order valence-electron chi connectivity index (χ2n) is 5.36. The zero-order valence-corrected chi connectivity index (χ0v) is 11.3. The highest BCUT2D eigenvalue weighted by molar-refractivity contribution is 5.94. The Bertz CT molecular complexity index is 637. The van der Waals surface area contributed by atoms with Crippen molar-refractivity contribution in [3.63, 3.8) is 0 Å². The Labute approximate surface area is 118 Å². The number of aryl methyl sites for hydroxylation is 1. The summed E-state index contributed by atoms with van der Waals surface area (Å²) in [5, 5.41) is 12.6. The SMILES string of the molecule is Cc1ccc(NC2CC2c2ccccc2)c(C(=O)O)c1. The van der Waals surface area contributed by atoms with Gasteiger partial charge in [-0.3, -0.25) is 0 Å². The van der Waals surface area contributed by atoms with Crippen LogP contribution < -0.4 is 5.32 Å². The van der Waals surface area contributed by atoms with Gasteiger partial charge < -0.3 is 10.4 Å². The molecule has 1 aliphatic carbocycles. The molecule has 0 aliphatic heterocycles. The molecule has 0 radical (unpaired) electrons. The Kier molecular flexibility index (Phi) is 3.18. The molecule has 2 aromatic carbocycles. The molecule has 2 unspecified atom stereocenters. The molecule has 0 heterocycles. The number of nitrogens with one attached hydrogen (secondary N) is 1. The van der Waals surface area contributed by atoms with Gasteiger partial charge in [0, 0.05) is 17.6 Å². The second-order valence-corrected chi connectivity index (χ2v) is 5.36. The van der Waals surface area contributed by atoms with Gasteiger partial charge >= 0.3 is 5.97 Å². The van der Waals surface area contributed by atoms with Gasteiger partial charge in [0.2, 0.25) is 0 Å². The quantitative estimate of drug-likeness (QED) is 0.888. The maximum atomic E-state index is 11.3. The van der Waals surface area contributed by atoms with Crippen molar-refractivity contribution in [2.24, 2.45) is 0 Å². The van der Waals surface area contributed by atoms with E-state index in [1.807, 2.05) is 37.3 Å². The Morgan fingerprint density at radius 2 is 1.95 bits per heavy atom. The van der Waals surface area contributed by atoms with Crippen LogP contribution in [0.25, 0.3) is 0 Å². The van der Waals surface area contributed by atoms with Crippen LogP contribution in [0.4, 0.5) is 5.69 Å². The average Bonchev–Trinajstić information content (AvgIpc) is 3.21. The average molecular weight is 267 g/mol. The number of hydrogen-bond acceptors (Lipinski definition) is 2. The van der Waals surface area contributed by atoms with Crippen LogP contribution in [0.3, 0.4) is 0 Å². The van der Waals surface area contributed by atoms with Crippen LogP contribution in [-0.2, 0) is 0 Å². The van der Waals surface area contributed by atoms with Gasteiger partial charge in [0.05, 0.1) is 5.56 Å². The van der Waals surface area contributed by atoms with E-state index in [-0.39, 0.29) is 0 Å². The van der Waals surface area contributed by atoms with E-state index in [0.717, 1.165) is 12.0 Å². The Hall–Kier alpha value is -2.29. The maximum absolute atomic E-state index is 11.3. The monoisotopic (exact) mass is 267 g/mol. The molecule has 1 fully saturated rings. The van der Waals surface area contributed by atoms with E-state index in [9.17, 15) is 9.90 Å². The Morgan fingerprint density at radius 1 is 1.20 bits per heavy atom. The van der Waals surface area contributed by atoms with Crippen molar-refractivity contribution in [1.82, 2.24) is 0 Å². The molecule has 3 heteroatoms. The van der Waals surface area contributed by atoms with Crippen molar-refractivity contribution in [2.75, 3.05) is 5.32 Å². The summed E-state index contributed by atoms with van der Waals surface area (Å²) in [4.78, 5) is 11.3. The van der Waals surface area contributed by atoms with Gasteiger partial charge in [0.25, 0.3) is 0 Å². The molecule has 3 nitrogen and oxygen atoms in total. The fraction of sp³-hybridized carbons (Fsp3) is 0.235. The molecule has 0 saturated heterocycles. The lowest BCUT2D eigenvalue weighted by molar-refractivity contribution is 0.0698. The molecule has 1 aliphatic rings. The number of carboxylic acids is 1. The summed E-state index contributed by atoms with van der Waals surface area (Å²) >= 11 is 0. The summed E-state index contributed by atoms with van der Waals surface area (Å²) < 4.78 is 0. The second kappa shape index (κ2) is 5.00. The summed E-state index contributed by atoms with van der Waals surface area (Å²) in [5.41, 5.74) is 3.34. The van der Waals surface area contributed by atoms with E-state index >= 15 is 0 Å². The van der Waals surface area contributed by atoms with Crippen molar-refractivity contribution in [2.45, 2.75) is 25.3 Å². The Morgan fingerprint density at radius 3 is 2.65 bits per heavy atom. The van der Waals surface area contributed by atoms with E-state index in [4.69, 9.17) is 0 Å². The van der Waals surface area contributed by atoms with E-state index in [1.54, 1.807) is 6.07 Å². The standard InChI is InChI=1S/C17H17NO2/c1-11-7-8-15(14(9-11)17(19)20)18-16-10-13(16)12-5-3-2-4-6-12/h2-9,13,16,18H,10H2,1H3,(H,19,20). The number of carbonyl (C=O) groups is 1. The predicted octanol–water partition coefficient (Wildman–Crippen LogP) is 3.66. The highest BCUT2D eigenvalue weighted by Gasteiger charge is 2.38. The minimum atomic E-state index is -0.881. The minimum Gasteiger partial charge on any atom is -0.478 e. The molecule has 0 aromatic heterocycles.